The van der Waals surface area contributed by atoms with Crippen LogP contribution < -0.4 is 26.2 Å². The van der Waals surface area contributed by atoms with E-state index < -0.39 is 0 Å². The van der Waals surface area contributed by atoms with Gasteiger partial charge in [-0.05, 0) is 75.5 Å². The summed E-state index contributed by atoms with van der Waals surface area (Å²) in [5, 5.41) is 0. The number of aryl methyl sites for hydroxylation is 1. The monoisotopic (exact) mass is 809 g/mol. The van der Waals surface area contributed by atoms with Gasteiger partial charge < -0.3 is 19.8 Å². The molecule has 2 aromatic heterocycles. The van der Waals surface area contributed by atoms with Gasteiger partial charge >= 0.3 is 0 Å². The number of para-hydroxylation sites is 2. The molecular formula is C43H33BIrN4-2. The van der Waals surface area contributed by atoms with Gasteiger partial charge in [0.2, 0.25) is 6.71 Å². The zero-order valence-corrected chi connectivity index (χ0v) is 30.0. The van der Waals surface area contributed by atoms with Gasteiger partial charge in [-0.15, -0.1) is 59.1 Å². The van der Waals surface area contributed by atoms with Crippen molar-refractivity contribution >= 4 is 45.9 Å². The van der Waals surface area contributed by atoms with Crippen LogP contribution in [0.25, 0.3) is 33.6 Å². The fourth-order valence-electron chi connectivity index (χ4n) is 7.01. The van der Waals surface area contributed by atoms with Crippen molar-refractivity contribution in [2.45, 2.75) is 6.92 Å². The summed E-state index contributed by atoms with van der Waals surface area (Å²) in [5.74, 6) is 0. The summed E-state index contributed by atoms with van der Waals surface area (Å²) < 4.78 is 0. The second-order valence-corrected chi connectivity index (χ2v) is 12.3. The molecule has 5 aromatic carbocycles. The van der Waals surface area contributed by atoms with Gasteiger partial charge in [0.1, 0.15) is 0 Å². The number of rotatable bonds is 3. The summed E-state index contributed by atoms with van der Waals surface area (Å²) in [6.45, 7) is 2.20. The Labute approximate surface area is 302 Å². The van der Waals surface area contributed by atoms with Crippen LogP contribution in [0.2, 0.25) is 0 Å². The molecule has 4 nitrogen and oxygen atoms in total. The van der Waals surface area contributed by atoms with E-state index in [0.717, 1.165) is 28.1 Å². The van der Waals surface area contributed by atoms with Crippen molar-refractivity contribution in [3.63, 3.8) is 0 Å². The Hall–Kier alpha value is -5.29. The Kier molecular flexibility index (Phi) is 9.01. The van der Waals surface area contributed by atoms with Gasteiger partial charge in [-0.25, -0.2) is 0 Å². The van der Waals surface area contributed by atoms with Crippen LogP contribution in [-0.4, -0.2) is 30.8 Å². The van der Waals surface area contributed by atoms with Crippen molar-refractivity contribution in [2.24, 2.45) is 0 Å². The Morgan fingerprint density at radius 1 is 0.612 bits per heavy atom. The smallest absolute Gasteiger partial charge is 0.232 e. The molecule has 2 aliphatic heterocycles. The molecular weight excluding hydrogens is 776 g/mol. The second kappa shape index (κ2) is 13.7. The number of anilines is 4. The molecule has 0 N–H and O–H groups in total. The first-order valence-electron chi connectivity index (χ1n) is 16.2. The molecule has 9 rings (SSSR count). The van der Waals surface area contributed by atoms with E-state index in [1.807, 2.05) is 55.7 Å². The average molecular weight is 809 g/mol. The number of hydrogen-bond acceptors (Lipinski definition) is 4. The predicted molar refractivity (Wildman–Crippen MR) is 201 cm³/mol. The normalized spacial score (nSPS) is 12.1. The molecule has 0 saturated carbocycles. The first-order chi connectivity index (χ1) is 23.6. The van der Waals surface area contributed by atoms with E-state index in [1.54, 1.807) is 0 Å². The van der Waals surface area contributed by atoms with Gasteiger partial charge in [0.05, 0.1) is 0 Å². The molecule has 0 aliphatic carbocycles. The predicted octanol–water partition coefficient (Wildman–Crippen LogP) is 7.75. The third kappa shape index (κ3) is 5.88. The van der Waals surface area contributed by atoms with E-state index in [-0.39, 0.29) is 26.8 Å². The topological polar surface area (TPSA) is 32.3 Å². The summed E-state index contributed by atoms with van der Waals surface area (Å²) in [4.78, 5) is 13.8. The largest absolute Gasteiger partial charge is 0.385 e. The third-order valence-electron chi connectivity index (χ3n) is 9.34. The molecule has 0 amide bonds. The summed E-state index contributed by atoms with van der Waals surface area (Å²) in [7, 11) is 4.33. The molecule has 0 bridgehead atoms. The first kappa shape index (κ1) is 32.3. The zero-order valence-electron chi connectivity index (χ0n) is 27.6. The SMILES string of the molecule is CN1c2ccccc2B2c3ccccc3N(C)c3c(-c4cc(-c5ccccc5)ccn4)[c-]cc1c32.Cc1ccc(-c2[c-]cccc2)nc1.[Ir]. The molecule has 0 unspecified atom stereocenters. The number of benzene rings is 5. The van der Waals surface area contributed by atoms with Crippen LogP contribution >= 0.6 is 0 Å². The van der Waals surface area contributed by atoms with Crippen LogP contribution in [-0.2, 0) is 20.1 Å². The van der Waals surface area contributed by atoms with Crippen LogP contribution in [0.3, 0.4) is 0 Å². The second-order valence-electron chi connectivity index (χ2n) is 12.3. The maximum Gasteiger partial charge on any atom is 0.232 e. The summed E-state index contributed by atoms with van der Waals surface area (Å²) in [5.41, 5.74) is 16.4. The van der Waals surface area contributed by atoms with Crippen molar-refractivity contribution in [1.29, 1.82) is 0 Å². The van der Waals surface area contributed by atoms with Crippen LogP contribution in [0.4, 0.5) is 22.7 Å². The molecule has 0 saturated heterocycles. The Balaban J connectivity index is 0.000000228. The van der Waals surface area contributed by atoms with Crippen LogP contribution in [0.1, 0.15) is 5.56 Å². The maximum absolute atomic E-state index is 4.82. The number of fused-ring (bicyclic) bond motifs is 4. The van der Waals surface area contributed by atoms with Gasteiger partial charge in [-0.3, -0.25) is 0 Å². The molecule has 1 radical (unpaired) electrons. The average Bonchev–Trinajstić information content (AvgIpc) is 3.16. The van der Waals surface area contributed by atoms with Crippen molar-refractivity contribution < 1.29 is 20.1 Å². The molecule has 2 aliphatic rings. The molecule has 49 heavy (non-hydrogen) atoms. The van der Waals surface area contributed by atoms with Gasteiger partial charge in [0.15, 0.2) is 0 Å². The zero-order chi connectivity index (χ0) is 32.6. The molecule has 4 heterocycles. The third-order valence-corrected chi connectivity index (χ3v) is 9.34. The molecule has 0 fully saturated rings. The van der Waals surface area contributed by atoms with E-state index in [9.17, 15) is 0 Å². The molecule has 0 atom stereocenters. The van der Waals surface area contributed by atoms with Gasteiger partial charge in [-0.2, -0.15) is 0 Å². The number of nitrogens with zero attached hydrogens (tertiary/aromatic N) is 4. The van der Waals surface area contributed by atoms with Crippen LogP contribution in [0.15, 0.2) is 146 Å². The Morgan fingerprint density at radius 2 is 1.31 bits per heavy atom. The van der Waals surface area contributed by atoms with Crippen molar-refractivity contribution in [3.8, 4) is 33.6 Å². The Bertz CT molecular complexity index is 2230. The van der Waals surface area contributed by atoms with E-state index in [0.29, 0.717) is 0 Å². The van der Waals surface area contributed by atoms with E-state index >= 15 is 0 Å². The first-order valence-corrected chi connectivity index (χ1v) is 16.2. The maximum atomic E-state index is 4.82. The molecule has 0 spiro atoms. The van der Waals surface area contributed by atoms with Crippen molar-refractivity contribution in [2.75, 3.05) is 23.9 Å². The minimum absolute atomic E-state index is 0. The summed E-state index contributed by atoms with van der Waals surface area (Å²) in [6.07, 6.45) is 3.78. The van der Waals surface area contributed by atoms with Gasteiger partial charge in [-0.1, -0.05) is 84.9 Å². The van der Waals surface area contributed by atoms with Gasteiger partial charge in [0.25, 0.3) is 0 Å². The minimum atomic E-state index is 0. The van der Waals surface area contributed by atoms with E-state index in [1.165, 1.54) is 50.3 Å². The standard InChI is InChI=1S/C31H23BN3.C12H10N.Ir/c1-34-27-14-8-6-12-24(27)32-25-13-7-9-15-28(25)35(2)31-23(16-17-29(34)30(31)32)26-20-22(18-19-33-26)21-10-4-3-5-11-21;1-10-7-8-12(13-9-10)11-5-3-2-4-6-11;/h3-15,17-20H,1-2H3;2-5,7-9H,1H3;/q2*-1;. The Morgan fingerprint density at radius 3 is 2.00 bits per heavy atom. The molecule has 6 heteroatoms. The van der Waals surface area contributed by atoms with Crippen molar-refractivity contribution in [3.05, 3.63) is 164 Å². The van der Waals surface area contributed by atoms with Gasteiger partial charge in [0, 0.05) is 58.0 Å². The summed E-state index contributed by atoms with van der Waals surface area (Å²) >= 11 is 0. The molecule has 239 valence electrons. The van der Waals surface area contributed by atoms with Crippen LogP contribution in [0.5, 0.6) is 0 Å². The van der Waals surface area contributed by atoms with Crippen LogP contribution in [0, 0.1) is 19.1 Å². The van der Waals surface area contributed by atoms with Crippen molar-refractivity contribution in [1.82, 2.24) is 9.97 Å². The molecule has 7 aromatic rings. The van der Waals surface area contributed by atoms with E-state index in [4.69, 9.17) is 4.98 Å². The fourth-order valence-corrected chi connectivity index (χ4v) is 7.01. The van der Waals surface area contributed by atoms with E-state index in [2.05, 4.69) is 138 Å². The fraction of sp³-hybridized carbons (Fsp3) is 0.0698. The number of hydrogen-bond donors (Lipinski definition) is 0. The summed E-state index contributed by atoms with van der Waals surface area (Å²) in [6, 6.07) is 53.2. The number of pyridine rings is 2. The quantitative estimate of drug-likeness (QED) is 0.135. The minimum Gasteiger partial charge on any atom is -0.385 e. The number of aromatic nitrogens is 2.